The third-order valence-corrected chi connectivity index (χ3v) is 6.50. The van der Waals surface area contributed by atoms with E-state index >= 15 is 0 Å². The molecule has 0 aliphatic carbocycles. The summed E-state index contributed by atoms with van der Waals surface area (Å²) in [7, 11) is -3.12. The first kappa shape index (κ1) is 19.1. The molecule has 2 N–H and O–H groups in total. The van der Waals surface area contributed by atoms with Gasteiger partial charge in [0.2, 0.25) is 15.9 Å². The molecule has 1 amide bonds. The standard InChI is InChI=1S/C18H27N3O4S/c1-26(23,24)21-12-14-3-6-16(13-21)20(11-14)9-2-10-25-17-7-4-15(5-8-17)18(19)22/h4-5,7-8,14,16H,2-3,6,9-13H2,1H3,(H2,19,22)/t14-,16-/m0/s1. The minimum Gasteiger partial charge on any atom is -0.494 e. The highest BCUT2D eigenvalue weighted by Crippen LogP contribution is 2.29. The number of hydrogen-bond donors (Lipinski definition) is 1. The molecule has 3 fully saturated rings. The lowest BCUT2D eigenvalue weighted by Crippen LogP contribution is -2.45. The van der Waals surface area contributed by atoms with E-state index in [4.69, 9.17) is 10.5 Å². The predicted molar refractivity (Wildman–Crippen MR) is 99.6 cm³/mol. The van der Waals surface area contributed by atoms with Crippen LogP contribution in [0.15, 0.2) is 24.3 Å². The number of amides is 1. The molecule has 3 aliphatic rings. The largest absolute Gasteiger partial charge is 0.494 e. The molecule has 1 aromatic carbocycles. The van der Waals surface area contributed by atoms with E-state index in [1.165, 1.54) is 6.26 Å². The minimum atomic E-state index is -3.12. The maximum atomic E-state index is 11.9. The highest BCUT2D eigenvalue weighted by molar-refractivity contribution is 7.88. The van der Waals surface area contributed by atoms with E-state index in [1.807, 2.05) is 0 Å². The first-order valence-electron chi connectivity index (χ1n) is 9.05. The number of piperidine rings is 1. The molecule has 2 bridgehead atoms. The second kappa shape index (κ2) is 7.94. The quantitative estimate of drug-likeness (QED) is 0.709. The number of benzene rings is 1. The molecule has 0 saturated carbocycles. The van der Waals surface area contributed by atoms with E-state index < -0.39 is 15.9 Å². The van der Waals surface area contributed by atoms with Crippen molar-refractivity contribution in [2.24, 2.45) is 11.7 Å². The fraction of sp³-hybridized carbons (Fsp3) is 0.611. The molecule has 2 atom stereocenters. The van der Waals surface area contributed by atoms with Gasteiger partial charge in [-0.05, 0) is 49.4 Å². The average Bonchev–Trinajstić information content (AvgIpc) is 2.91. The van der Waals surface area contributed by atoms with Crippen LogP contribution in [0.5, 0.6) is 5.75 Å². The van der Waals surface area contributed by atoms with Gasteiger partial charge >= 0.3 is 0 Å². The van der Waals surface area contributed by atoms with Crippen molar-refractivity contribution in [2.75, 3.05) is 39.0 Å². The van der Waals surface area contributed by atoms with Crippen molar-refractivity contribution in [2.45, 2.75) is 25.3 Å². The normalized spacial score (nSPS) is 24.3. The number of rotatable bonds is 7. The van der Waals surface area contributed by atoms with Gasteiger partial charge in [-0.25, -0.2) is 12.7 Å². The molecule has 7 nitrogen and oxygen atoms in total. The summed E-state index contributed by atoms with van der Waals surface area (Å²) in [5.41, 5.74) is 5.69. The molecule has 0 spiro atoms. The lowest BCUT2D eigenvalue weighted by molar-refractivity contribution is 0.1000. The van der Waals surface area contributed by atoms with Crippen molar-refractivity contribution < 1.29 is 17.9 Å². The van der Waals surface area contributed by atoms with Crippen molar-refractivity contribution in [3.8, 4) is 5.75 Å². The number of primary amides is 1. The van der Waals surface area contributed by atoms with Gasteiger partial charge in [0.05, 0.1) is 12.9 Å². The second-order valence-electron chi connectivity index (χ2n) is 7.26. The number of nitrogens with two attached hydrogens (primary N) is 1. The lowest BCUT2D eigenvalue weighted by atomic mass is 9.95. The van der Waals surface area contributed by atoms with Crippen molar-refractivity contribution in [3.05, 3.63) is 29.8 Å². The molecule has 144 valence electrons. The maximum absolute atomic E-state index is 11.9. The molecule has 0 aromatic heterocycles. The molecule has 0 radical (unpaired) electrons. The highest BCUT2D eigenvalue weighted by atomic mass is 32.2. The van der Waals surface area contributed by atoms with E-state index in [2.05, 4.69) is 4.90 Å². The second-order valence-corrected chi connectivity index (χ2v) is 9.25. The van der Waals surface area contributed by atoms with Gasteiger partial charge in [-0.15, -0.1) is 0 Å². The Balaban J connectivity index is 1.47. The van der Waals surface area contributed by atoms with Gasteiger partial charge in [0.1, 0.15) is 5.75 Å². The first-order valence-corrected chi connectivity index (χ1v) is 10.9. The number of sulfonamides is 1. The van der Waals surface area contributed by atoms with Crippen LogP contribution in [0.3, 0.4) is 0 Å². The van der Waals surface area contributed by atoms with Crippen LogP contribution in [0.1, 0.15) is 29.6 Å². The van der Waals surface area contributed by atoms with Gasteiger partial charge in [-0.2, -0.15) is 0 Å². The molecule has 4 rings (SSSR count). The van der Waals surface area contributed by atoms with E-state index in [0.29, 0.717) is 37.2 Å². The molecular formula is C18H27N3O4S. The topological polar surface area (TPSA) is 92.9 Å². The summed E-state index contributed by atoms with van der Waals surface area (Å²) in [5.74, 6) is 0.692. The van der Waals surface area contributed by atoms with Crippen LogP contribution in [-0.4, -0.2) is 68.6 Å². The molecule has 8 heteroatoms. The van der Waals surface area contributed by atoms with E-state index in [0.717, 1.165) is 38.1 Å². The number of fused-ring (bicyclic) bond motifs is 4. The number of hydrogen-bond acceptors (Lipinski definition) is 5. The van der Waals surface area contributed by atoms with Crippen LogP contribution < -0.4 is 10.5 Å². The molecule has 26 heavy (non-hydrogen) atoms. The van der Waals surface area contributed by atoms with Crippen LogP contribution in [0.4, 0.5) is 0 Å². The van der Waals surface area contributed by atoms with Gasteiger partial charge in [-0.1, -0.05) is 0 Å². The number of nitrogens with zero attached hydrogens (tertiary/aromatic N) is 2. The van der Waals surface area contributed by atoms with Crippen molar-refractivity contribution in [1.29, 1.82) is 0 Å². The van der Waals surface area contributed by atoms with Gasteiger partial charge in [0, 0.05) is 37.8 Å². The third kappa shape index (κ3) is 4.75. The number of carbonyl (C=O) groups excluding carboxylic acids is 1. The minimum absolute atomic E-state index is 0.304. The summed E-state index contributed by atoms with van der Waals surface area (Å²) in [6.45, 7) is 3.70. The summed E-state index contributed by atoms with van der Waals surface area (Å²) in [6, 6.07) is 7.12. The Kier molecular flexibility index (Phi) is 5.84. The molecule has 3 heterocycles. The zero-order valence-electron chi connectivity index (χ0n) is 15.1. The highest BCUT2D eigenvalue weighted by Gasteiger charge is 2.37. The molecule has 3 aliphatic heterocycles. The van der Waals surface area contributed by atoms with Gasteiger partial charge in [-0.3, -0.25) is 9.69 Å². The van der Waals surface area contributed by atoms with E-state index in [9.17, 15) is 13.2 Å². The Morgan fingerprint density at radius 3 is 2.58 bits per heavy atom. The van der Waals surface area contributed by atoms with Gasteiger partial charge in [0.15, 0.2) is 0 Å². The zero-order chi connectivity index (χ0) is 18.7. The van der Waals surface area contributed by atoms with Crippen molar-refractivity contribution in [1.82, 2.24) is 9.21 Å². The zero-order valence-corrected chi connectivity index (χ0v) is 16.0. The Bertz CT molecular complexity index is 735. The van der Waals surface area contributed by atoms with E-state index in [1.54, 1.807) is 28.6 Å². The number of ether oxygens (including phenoxy) is 1. The van der Waals surface area contributed by atoms with Crippen LogP contribution in [0.2, 0.25) is 0 Å². The molecule has 1 aromatic rings. The molecular weight excluding hydrogens is 354 g/mol. The van der Waals surface area contributed by atoms with Crippen LogP contribution in [-0.2, 0) is 10.0 Å². The first-order chi connectivity index (χ1) is 12.3. The van der Waals surface area contributed by atoms with Crippen LogP contribution >= 0.6 is 0 Å². The fourth-order valence-electron chi connectivity index (χ4n) is 3.85. The summed E-state index contributed by atoms with van der Waals surface area (Å²) >= 11 is 0. The smallest absolute Gasteiger partial charge is 0.248 e. The Labute approximate surface area is 155 Å². The summed E-state index contributed by atoms with van der Waals surface area (Å²) in [4.78, 5) is 13.5. The van der Waals surface area contributed by atoms with Gasteiger partial charge < -0.3 is 10.5 Å². The predicted octanol–water partition coefficient (Wildman–Crippen LogP) is 0.910. The number of carbonyl (C=O) groups is 1. The van der Waals surface area contributed by atoms with Crippen LogP contribution in [0, 0.1) is 5.92 Å². The van der Waals surface area contributed by atoms with Crippen LogP contribution in [0.25, 0.3) is 0 Å². The molecule has 3 saturated heterocycles. The Morgan fingerprint density at radius 2 is 1.92 bits per heavy atom. The fourth-order valence-corrected chi connectivity index (χ4v) is 4.78. The van der Waals surface area contributed by atoms with Crippen molar-refractivity contribution >= 4 is 15.9 Å². The molecule has 0 unspecified atom stereocenters. The summed E-state index contributed by atoms with van der Waals surface area (Å²) < 4.78 is 31.2. The summed E-state index contributed by atoms with van der Waals surface area (Å²) in [6.07, 6.45) is 4.35. The van der Waals surface area contributed by atoms with E-state index in [-0.39, 0.29) is 0 Å². The Morgan fingerprint density at radius 1 is 1.19 bits per heavy atom. The average molecular weight is 381 g/mol. The lowest BCUT2D eigenvalue weighted by Gasteiger charge is -2.36. The SMILES string of the molecule is CS(=O)(=O)N1C[C@H]2CC[C@@H](C1)N(CCCOc1ccc(C(N)=O)cc1)C2. The third-order valence-electron chi connectivity index (χ3n) is 5.26. The van der Waals surface area contributed by atoms with Crippen molar-refractivity contribution in [3.63, 3.8) is 0 Å². The summed E-state index contributed by atoms with van der Waals surface area (Å²) in [5, 5.41) is 0. The monoisotopic (exact) mass is 381 g/mol. The Hall–Kier alpha value is -1.64. The maximum Gasteiger partial charge on any atom is 0.248 e. The van der Waals surface area contributed by atoms with Gasteiger partial charge in [0.25, 0.3) is 0 Å².